The van der Waals surface area contributed by atoms with Gasteiger partial charge in [0, 0.05) is 22.8 Å². The van der Waals surface area contributed by atoms with Gasteiger partial charge in [-0.05, 0) is 67.6 Å². The maximum absolute atomic E-state index is 13.6. The second-order valence-electron chi connectivity index (χ2n) is 6.68. The first-order valence-electron chi connectivity index (χ1n) is 8.16. The van der Waals surface area contributed by atoms with E-state index in [-0.39, 0.29) is 11.7 Å². The van der Waals surface area contributed by atoms with Crippen molar-refractivity contribution >= 4 is 22.5 Å². The quantitative estimate of drug-likeness (QED) is 0.727. The Morgan fingerprint density at radius 1 is 1.21 bits per heavy atom. The molecule has 122 valence electrons. The van der Waals surface area contributed by atoms with E-state index in [1.807, 2.05) is 38.2 Å². The summed E-state index contributed by atoms with van der Waals surface area (Å²) in [5, 5.41) is 3.87. The molecule has 1 fully saturated rings. The molecule has 0 saturated heterocycles. The van der Waals surface area contributed by atoms with Crippen LogP contribution in [0.2, 0.25) is 0 Å². The third-order valence-electron chi connectivity index (χ3n) is 5.20. The molecule has 1 saturated carbocycles. The fourth-order valence-electron chi connectivity index (χ4n) is 3.36. The Balaban J connectivity index is 1.71. The zero-order valence-corrected chi connectivity index (χ0v) is 13.7. The van der Waals surface area contributed by atoms with Gasteiger partial charge < -0.3 is 10.3 Å². The molecule has 0 radical (unpaired) electrons. The third kappa shape index (κ3) is 2.21. The van der Waals surface area contributed by atoms with Gasteiger partial charge in [-0.2, -0.15) is 0 Å². The number of anilines is 1. The lowest BCUT2D eigenvalue weighted by Crippen LogP contribution is -2.28. The zero-order valence-electron chi connectivity index (χ0n) is 13.7. The summed E-state index contributed by atoms with van der Waals surface area (Å²) in [4.78, 5) is 16.1. The number of hydrogen-bond donors (Lipinski definition) is 2. The number of carbonyl (C=O) groups is 1. The number of carbonyl (C=O) groups excluding carboxylic acids is 1. The number of aromatic nitrogens is 1. The minimum Gasteiger partial charge on any atom is -0.361 e. The lowest BCUT2D eigenvalue weighted by atomic mass is 9.94. The molecule has 24 heavy (non-hydrogen) atoms. The highest BCUT2D eigenvalue weighted by atomic mass is 19.1. The van der Waals surface area contributed by atoms with E-state index in [4.69, 9.17) is 0 Å². The summed E-state index contributed by atoms with van der Waals surface area (Å²) in [6, 6.07) is 10.5. The Bertz CT molecular complexity index is 953. The van der Waals surface area contributed by atoms with Crippen molar-refractivity contribution in [1.82, 2.24) is 4.98 Å². The molecule has 1 aliphatic rings. The van der Waals surface area contributed by atoms with Gasteiger partial charge in [-0.15, -0.1) is 0 Å². The summed E-state index contributed by atoms with van der Waals surface area (Å²) in [5.74, 6) is -0.296. The van der Waals surface area contributed by atoms with Crippen LogP contribution >= 0.6 is 0 Å². The number of benzene rings is 2. The van der Waals surface area contributed by atoms with E-state index in [2.05, 4.69) is 10.3 Å². The number of rotatable bonds is 3. The number of fused-ring (bicyclic) bond motifs is 1. The fourth-order valence-corrected chi connectivity index (χ4v) is 3.36. The molecule has 0 bridgehead atoms. The molecule has 1 amide bonds. The molecule has 4 heteroatoms. The SMILES string of the molecule is Cc1cccc(NC(=O)C2(c3c[nH]c4ccc(F)cc34)CC2)c1C. The fraction of sp³-hybridized carbons (Fsp3) is 0.250. The Kier molecular flexibility index (Phi) is 3.23. The van der Waals surface area contributed by atoms with Crippen LogP contribution in [0.1, 0.15) is 29.5 Å². The maximum atomic E-state index is 13.6. The van der Waals surface area contributed by atoms with Gasteiger partial charge in [-0.3, -0.25) is 4.79 Å². The normalized spacial score (nSPS) is 15.5. The molecule has 3 nitrogen and oxygen atoms in total. The largest absolute Gasteiger partial charge is 0.361 e. The third-order valence-corrected chi connectivity index (χ3v) is 5.20. The van der Waals surface area contributed by atoms with E-state index in [1.165, 1.54) is 12.1 Å². The number of H-pyrrole nitrogens is 1. The molecule has 3 aromatic rings. The smallest absolute Gasteiger partial charge is 0.235 e. The van der Waals surface area contributed by atoms with Crippen molar-refractivity contribution in [2.45, 2.75) is 32.1 Å². The van der Waals surface area contributed by atoms with Gasteiger partial charge in [-0.1, -0.05) is 12.1 Å². The molecule has 0 spiro atoms. The van der Waals surface area contributed by atoms with Gasteiger partial charge in [0.05, 0.1) is 5.41 Å². The first kappa shape index (κ1) is 14.9. The van der Waals surface area contributed by atoms with Gasteiger partial charge in [0.2, 0.25) is 5.91 Å². The second-order valence-corrected chi connectivity index (χ2v) is 6.68. The van der Waals surface area contributed by atoms with Gasteiger partial charge in [0.15, 0.2) is 0 Å². The summed E-state index contributed by atoms with van der Waals surface area (Å²) in [6.07, 6.45) is 3.42. The van der Waals surface area contributed by atoms with Crippen LogP contribution in [0.5, 0.6) is 0 Å². The first-order valence-corrected chi connectivity index (χ1v) is 8.16. The standard InChI is InChI=1S/C20H19FN2O/c1-12-4-3-5-17(13(12)2)23-19(24)20(8-9-20)16-11-22-18-7-6-14(21)10-15(16)18/h3-7,10-11,22H,8-9H2,1-2H3,(H,23,24). The molecule has 2 N–H and O–H groups in total. The van der Waals surface area contributed by atoms with E-state index < -0.39 is 5.41 Å². The van der Waals surface area contributed by atoms with E-state index in [9.17, 15) is 9.18 Å². The van der Waals surface area contributed by atoms with Crippen LogP contribution in [0.25, 0.3) is 10.9 Å². The van der Waals surface area contributed by atoms with Gasteiger partial charge >= 0.3 is 0 Å². The van der Waals surface area contributed by atoms with Crippen LogP contribution in [0.15, 0.2) is 42.6 Å². The van der Waals surface area contributed by atoms with Crippen LogP contribution in [-0.4, -0.2) is 10.9 Å². The number of amides is 1. The average molecular weight is 322 g/mol. The van der Waals surface area contributed by atoms with Gasteiger partial charge in [0.1, 0.15) is 5.82 Å². The molecule has 1 heterocycles. The topological polar surface area (TPSA) is 44.9 Å². The van der Waals surface area contributed by atoms with Crippen molar-refractivity contribution in [3.8, 4) is 0 Å². The molecule has 1 aromatic heterocycles. The average Bonchev–Trinajstić information content (AvgIpc) is 3.26. The summed E-state index contributed by atoms with van der Waals surface area (Å²) < 4.78 is 13.6. The number of nitrogens with one attached hydrogen (secondary N) is 2. The maximum Gasteiger partial charge on any atom is 0.235 e. The van der Waals surface area contributed by atoms with Crippen LogP contribution in [0.3, 0.4) is 0 Å². The minimum absolute atomic E-state index is 0.0126. The minimum atomic E-state index is -0.553. The van der Waals surface area contributed by atoms with Crippen molar-refractivity contribution in [1.29, 1.82) is 0 Å². The van der Waals surface area contributed by atoms with Crippen LogP contribution in [-0.2, 0) is 10.2 Å². The van der Waals surface area contributed by atoms with E-state index in [1.54, 1.807) is 6.07 Å². The summed E-state index contributed by atoms with van der Waals surface area (Å²) in [7, 11) is 0. The van der Waals surface area contributed by atoms with E-state index in [0.717, 1.165) is 46.1 Å². The summed E-state index contributed by atoms with van der Waals surface area (Å²) >= 11 is 0. The van der Waals surface area contributed by atoms with E-state index in [0.29, 0.717) is 0 Å². The van der Waals surface area contributed by atoms with Crippen molar-refractivity contribution in [2.24, 2.45) is 0 Å². The first-order chi connectivity index (χ1) is 11.5. The van der Waals surface area contributed by atoms with Crippen LogP contribution in [0, 0.1) is 19.7 Å². The molecule has 1 aliphatic carbocycles. The molecular formula is C20H19FN2O. The number of halogens is 1. The molecule has 2 aromatic carbocycles. The number of aromatic amines is 1. The Morgan fingerprint density at radius 3 is 2.75 bits per heavy atom. The molecule has 0 atom stereocenters. The van der Waals surface area contributed by atoms with Gasteiger partial charge in [-0.25, -0.2) is 4.39 Å². The van der Waals surface area contributed by atoms with Gasteiger partial charge in [0.25, 0.3) is 0 Å². The van der Waals surface area contributed by atoms with Crippen molar-refractivity contribution < 1.29 is 9.18 Å². The Hall–Kier alpha value is -2.62. The van der Waals surface area contributed by atoms with Crippen molar-refractivity contribution in [3.05, 3.63) is 65.1 Å². The number of hydrogen-bond acceptors (Lipinski definition) is 1. The predicted molar refractivity (Wildman–Crippen MR) is 93.7 cm³/mol. The molecule has 0 aliphatic heterocycles. The van der Waals surface area contributed by atoms with E-state index >= 15 is 0 Å². The van der Waals surface area contributed by atoms with Crippen LogP contribution in [0.4, 0.5) is 10.1 Å². The Morgan fingerprint density at radius 2 is 2.00 bits per heavy atom. The highest BCUT2D eigenvalue weighted by Crippen LogP contribution is 2.51. The lowest BCUT2D eigenvalue weighted by molar-refractivity contribution is -0.118. The zero-order chi connectivity index (χ0) is 16.9. The highest BCUT2D eigenvalue weighted by molar-refractivity contribution is 6.04. The van der Waals surface area contributed by atoms with Crippen LogP contribution < -0.4 is 5.32 Å². The second kappa shape index (κ2) is 5.20. The van der Waals surface area contributed by atoms with Crippen molar-refractivity contribution in [3.63, 3.8) is 0 Å². The summed E-state index contributed by atoms with van der Waals surface area (Å²) in [5.41, 5.74) is 4.26. The molecule has 0 unspecified atom stereocenters. The Labute approximate surface area is 139 Å². The highest BCUT2D eigenvalue weighted by Gasteiger charge is 2.52. The molecule has 4 rings (SSSR count). The summed E-state index contributed by atoms with van der Waals surface area (Å²) in [6.45, 7) is 4.03. The monoisotopic (exact) mass is 322 g/mol. The predicted octanol–water partition coefficient (Wildman–Crippen LogP) is 4.59. The lowest BCUT2D eigenvalue weighted by Gasteiger charge is -2.17. The number of aryl methyl sites for hydroxylation is 1. The van der Waals surface area contributed by atoms with Crippen molar-refractivity contribution in [2.75, 3.05) is 5.32 Å². The molecular weight excluding hydrogens is 303 g/mol.